The van der Waals surface area contributed by atoms with Crippen LogP contribution in [0.25, 0.3) is 10.8 Å². The predicted octanol–water partition coefficient (Wildman–Crippen LogP) is 4.18. The summed E-state index contributed by atoms with van der Waals surface area (Å²) in [4.78, 5) is 24.8. The summed E-state index contributed by atoms with van der Waals surface area (Å²) < 4.78 is 10.4. The Labute approximate surface area is 184 Å². The number of benzene rings is 3. The Morgan fingerprint density at radius 3 is 2.31 bits per heavy atom. The molecule has 0 saturated carbocycles. The molecule has 8 nitrogen and oxygen atoms in total. The second-order valence-corrected chi connectivity index (χ2v) is 7.10. The summed E-state index contributed by atoms with van der Waals surface area (Å²) >= 11 is 0. The SMILES string of the molecule is COc1cccc(Cc2n[nH]c(=O)c3cc(NC(=O)Nc4cccc(OC)c4)ccc23)c1. The molecule has 0 spiro atoms. The second kappa shape index (κ2) is 9.22. The molecule has 3 aromatic carbocycles. The largest absolute Gasteiger partial charge is 0.497 e. The Morgan fingerprint density at radius 2 is 1.56 bits per heavy atom. The number of aromatic amines is 1. The highest BCUT2D eigenvalue weighted by Gasteiger charge is 2.11. The highest BCUT2D eigenvalue weighted by atomic mass is 16.5. The smallest absolute Gasteiger partial charge is 0.323 e. The van der Waals surface area contributed by atoms with E-state index >= 15 is 0 Å². The zero-order valence-electron chi connectivity index (χ0n) is 17.6. The van der Waals surface area contributed by atoms with Crippen LogP contribution in [0.4, 0.5) is 16.2 Å². The van der Waals surface area contributed by atoms with Crippen molar-refractivity contribution < 1.29 is 14.3 Å². The van der Waals surface area contributed by atoms with E-state index in [1.165, 1.54) is 0 Å². The highest BCUT2D eigenvalue weighted by Crippen LogP contribution is 2.22. The molecule has 1 aromatic heterocycles. The first-order valence-electron chi connectivity index (χ1n) is 9.92. The van der Waals surface area contributed by atoms with Crippen molar-refractivity contribution in [2.45, 2.75) is 6.42 Å². The van der Waals surface area contributed by atoms with E-state index < -0.39 is 6.03 Å². The van der Waals surface area contributed by atoms with Gasteiger partial charge in [-0.3, -0.25) is 4.79 Å². The van der Waals surface area contributed by atoms with Crippen molar-refractivity contribution in [3.05, 3.63) is 88.3 Å². The quantitative estimate of drug-likeness (QED) is 0.426. The molecule has 1 heterocycles. The van der Waals surface area contributed by atoms with E-state index in [9.17, 15) is 9.59 Å². The number of nitrogens with zero attached hydrogens (tertiary/aromatic N) is 1. The average Bonchev–Trinajstić information content (AvgIpc) is 2.81. The molecular formula is C24H22N4O4. The third-order valence-corrected chi connectivity index (χ3v) is 4.96. The number of carbonyl (C=O) groups is 1. The van der Waals surface area contributed by atoms with Crippen molar-refractivity contribution in [1.29, 1.82) is 0 Å². The van der Waals surface area contributed by atoms with Gasteiger partial charge in [0, 0.05) is 29.2 Å². The zero-order valence-corrected chi connectivity index (χ0v) is 17.6. The van der Waals surface area contributed by atoms with Gasteiger partial charge in [-0.1, -0.05) is 24.3 Å². The van der Waals surface area contributed by atoms with Crippen LogP contribution in [0.2, 0.25) is 0 Å². The van der Waals surface area contributed by atoms with Crippen LogP contribution in [-0.2, 0) is 6.42 Å². The minimum absolute atomic E-state index is 0.328. The van der Waals surface area contributed by atoms with Crippen LogP contribution >= 0.6 is 0 Å². The van der Waals surface area contributed by atoms with Crippen LogP contribution in [0.1, 0.15) is 11.3 Å². The maximum atomic E-state index is 12.4. The Morgan fingerprint density at radius 1 is 0.875 bits per heavy atom. The van der Waals surface area contributed by atoms with Crippen LogP contribution in [0.5, 0.6) is 11.5 Å². The van der Waals surface area contributed by atoms with Gasteiger partial charge in [0.1, 0.15) is 11.5 Å². The van der Waals surface area contributed by atoms with Gasteiger partial charge < -0.3 is 20.1 Å². The van der Waals surface area contributed by atoms with E-state index in [2.05, 4.69) is 20.8 Å². The Kier molecular flexibility index (Phi) is 6.03. The van der Waals surface area contributed by atoms with Gasteiger partial charge >= 0.3 is 6.03 Å². The summed E-state index contributed by atoms with van der Waals surface area (Å²) in [5.74, 6) is 1.39. The molecule has 0 bridgehead atoms. The fourth-order valence-electron chi connectivity index (χ4n) is 3.41. The number of anilines is 2. The molecular weight excluding hydrogens is 408 g/mol. The third-order valence-electron chi connectivity index (χ3n) is 4.96. The average molecular weight is 430 g/mol. The molecule has 0 aliphatic rings. The molecule has 8 heteroatoms. The van der Waals surface area contributed by atoms with Gasteiger partial charge in [-0.25, -0.2) is 9.89 Å². The first kappa shape index (κ1) is 20.9. The van der Waals surface area contributed by atoms with Crippen molar-refractivity contribution in [1.82, 2.24) is 10.2 Å². The summed E-state index contributed by atoms with van der Waals surface area (Å²) in [7, 11) is 3.18. The molecule has 0 aliphatic carbocycles. The molecule has 162 valence electrons. The number of aromatic nitrogens is 2. The van der Waals surface area contributed by atoms with Gasteiger partial charge in [0.15, 0.2) is 0 Å². The van der Waals surface area contributed by atoms with Crippen molar-refractivity contribution >= 4 is 28.2 Å². The predicted molar refractivity (Wildman–Crippen MR) is 124 cm³/mol. The van der Waals surface area contributed by atoms with Gasteiger partial charge in [-0.2, -0.15) is 5.10 Å². The highest BCUT2D eigenvalue weighted by molar-refractivity contribution is 6.01. The summed E-state index contributed by atoms with van der Waals surface area (Å²) in [5, 5.41) is 13.4. The van der Waals surface area contributed by atoms with Crippen LogP contribution < -0.4 is 25.7 Å². The normalized spacial score (nSPS) is 10.6. The minimum Gasteiger partial charge on any atom is -0.497 e. The molecule has 4 rings (SSSR count). The lowest BCUT2D eigenvalue weighted by molar-refractivity contribution is 0.262. The fraction of sp³-hybridized carbons (Fsp3) is 0.125. The molecule has 32 heavy (non-hydrogen) atoms. The minimum atomic E-state index is -0.431. The molecule has 4 aromatic rings. The zero-order chi connectivity index (χ0) is 22.5. The molecule has 3 N–H and O–H groups in total. The molecule has 0 aliphatic heterocycles. The Balaban J connectivity index is 1.56. The summed E-state index contributed by atoms with van der Waals surface area (Å²) in [6.45, 7) is 0. The second-order valence-electron chi connectivity index (χ2n) is 7.10. The van der Waals surface area contributed by atoms with Crippen molar-refractivity contribution in [3.8, 4) is 11.5 Å². The van der Waals surface area contributed by atoms with E-state index in [0.717, 1.165) is 22.4 Å². The van der Waals surface area contributed by atoms with E-state index in [4.69, 9.17) is 9.47 Å². The lowest BCUT2D eigenvalue weighted by atomic mass is 10.0. The fourth-order valence-corrected chi connectivity index (χ4v) is 3.41. The van der Waals surface area contributed by atoms with Crippen molar-refractivity contribution in [3.63, 3.8) is 0 Å². The van der Waals surface area contributed by atoms with E-state index in [1.807, 2.05) is 24.3 Å². The van der Waals surface area contributed by atoms with Crippen LogP contribution in [-0.4, -0.2) is 30.4 Å². The van der Waals surface area contributed by atoms with Gasteiger partial charge in [-0.05, 0) is 42.0 Å². The van der Waals surface area contributed by atoms with E-state index in [-0.39, 0.29) is 5.56 Å². The molecule has 0 fully saturated rings. The third kappa shape index (κ3) is 4.70. The number of nitrogens with one attached hydrogen (secondary N) is 3. The monoisotopic (exact) mass is 430 g/mol. The molecule has 0 unspecified atom stereocenters. The number of carbonyl (C=O) groups excluding carboxylic acids is 1. The van der Waals surface area contributed by atoms with E-state index in [0.29, 0.717) is 28.9 Å². The number of rotatable bonds is 6. The van der Waals surface area contributed by atoms with Crippen LogP contribution in [0.3, 0.4) is 0 Å². The number of fused-ring (bicyclic) bond motifs is 1. The molecule has 0 saturated heterocycles. The first-order valence-corrected chi connectivity index (χ1v) is 9.92. The standard InChI is InChI=1S/C24H22N4O4/c1-31-18-7-3-5-15(11-18)12-22-20-10-9-17(14-21(20)23(29)28-27-22)26-24(30)25-16-6-4-8-19(13-16)32-2/h3-11,13-14H,12H2,1-2H3,(H,28,29)(H2,25,26,30). The van der Waals surface area contributed by atoms with Gasteiger partial charge in [0.2, 0.25) is 0 Å². The number of hydrogen-bond acceptors (Lipinski definition) is 5. The van der Waals surface area contributed by atoms with Gasteiger partial charge in [-0.15, -0.1) is 0 Å². The summed E-state index contributed by atoms with van der Waals surface area (Å²) in [5.41, 5.74) is 2.48. The number of methoxy groups -OCH3 is 2. The van der Waals surface area contributed by atoms with E-state index in [1.54, 1.807) is 56.7 Å². The first-order chi connectivity index (χ1) is 15.6. The van der Waals surface area contributed by atoms with Crippen LogP contribution in [0.15, 0.2) is 71.5 Å². The van der Waals surface area contributed by atoms with Gasteiger partial charge in [0.25, 0.3) is 5.56 Å². The van der Waals surface area contributed by atoms with Crippen LogP contribution in [0, 0.1) is 0 Å². The summed E-state index contributed by atoms with van der Waals surface area (Å²) in [6.07, 6.45) is 0.521. The summed E-state index contributed by atoms with van der Waals surface area (Å²) in [6, 6.07) is 19.4. The molecule has 0 atom stereocenters. The lowest BCUT2D eigenvalue weighted by Gasteiger charge is -2.10. The van der Waals surface area contributed by atoms with Gasteiger partial charge in [0.05, 0.1) is 25.3 Å². The maximum Gasteiger partial charge on any atom is 0.323 e. The maximum absolute atomic E-state index is 12.4. The number of H-pyrrole nitrogens is 1. The lowest BCUT2D eigenvalue weighted by Crippen LogP contribution is -2.20. The number of hydrogen-bond donors (Lipinski definition) is 3. The number of ether oxygens (including phenoxy) is 2. The molecule has 0 radical (unpaired) electrons. The Hall–Kier alpha value is -4.33. The Bertz CT molecular complexity index is 1330. The van der Waals surface area contributed by atoms with Crippen molar-refractivity contribution in [2.75, 3.05) is 24.9 Å². The van der Waals surface area contributed by atoms with Crippen molar-refractivity contribution in [2.24, 2.45) is 0 Å². The number of urea groups is 1. The number of amides is 2. The molecule has 2 amide bonds. The topological polar surface area (TPSA) is 105 Å².